The van der Waals surface area contributed by atoms with E-state index in [-0.39, 0.29) is 0 Å². The molecule has 0 saturated carbocycles. The zero-order valence-corrected chi connectivity index (χ0v) is 10.1. The molecule has 1 rings (SSSR count). The van der Waals surface area contributed by atoms with Crippen molar-refractivity contribution in [2.75, 3.05) is 0 Å². The average molecular weight is 264 g/mol. The van der Waals surface area contributed by atoms with Gasteiger partial charge >= 0.3 is 0 Å². The summed E-state index contributed by atoms with van der Waals surface area (Å²) in [7, 11) is 0. The summed E-state index contributed by atoms with van der Waals surface area (Å²) in [6, 6.07) is 0. The second-order valence-corrected chi connectivity index (χ2v) is 3.95. The van der Waals surface area contributed by atoms with E-state index in [4.69, 9.17) is 11.6 Å². The molecule has 0 aromatic carbocycles. The number of aromatic nitrogens is 2. The molecule has 1 aromatic rings. The molecular weight excluding hydrogens is 251 g/mol. The van der Waals surface area contributed by atoms with Gasteiger partial charge in [0.2, 0.25) is 0 Å². The first kappa shape index (κ1) is 10.9. The van der Waals surface area contributed by atoms with Gasteiger partial charge in [-0.25, -0.2) is 9.97 Å². The zero-order valence-electron chi connectivity index (χ0n) is 7.77. The molecule has 0 N–H and O–H groups in total. The molecule has 0 aliphatic carbocycles. The van der Waals surface area contributed by atoms with Crippen molar-refractivity contribution in [3.8, 4) is 0 Å². The monoisotopic (exact) mass is 262 g/mol. The van der Waals surface area contributed by atoms with Gasteiger partial charge in [0.15, 0.2) is 0 Å². The van der Waals surface area contributed by atoms with Crippen LogP contribution in [-0.4, -0.2) is 9.97 Å². The Balaban J connectivity index is 3.09. The molecule has 1 heterocycles. The number of halogens is 2. The van der Waals surface area contributed by atoms with Crippen LogP contribution in [0.3, 0.4) is 0 Å². The molecule has 13 heavy (non-hydrogen) atoms. The van der Waals surface area contributed by atoms with Crippen LogP contribution in [0, 0.1) is 0 Å². The van der Waals surface area contributed by atoms with E-state index in [2.05, 4.69) is 32.8 Å². The topological polar surface area (TPSA) is 25.8 Å². The van der Waals surface area contributed by atoms with Gasteiger partial charge in [-0.2, -0.15) is 0 Å². The molecule has 0 aliphatic rings. The van der Waals surface area contributed by atoms with E-state index in [9.17, 15) is 0 Å². The smallest absolute Gasteiger partial charge is 0.147 e. The highest BCUT2D eigenvalue weighted by Gasteiger charge is 2.08. The van der Waals surface area contributed by atoms with Gasteiger partial charge in [0.05, 0.1) is 10.2 Å². The third-order valence-electron chi connectivity index (χ3n) is 1.73. The first-order valence-electron chi connectivity index (χ1n) is 4.39. The molecule has 0 saturated heterocycles. The molecule has 0 spiro atoms. The summed E-state index contributed by atoms with van der Waals surface area (Å²) < 4.78 is 0.841. The van der Waals surface area contributed by atoms with Crippen molar-refractivity contribution in [1.82, 2.24) is 9.97 Å². The molecule has 0 fully saturated rings. The summed E-state index contributed by atoms with van der Waals surface area (Å²) in [5.74, 6) is 0.816. The molecule has 0 radical (unpaired) electrons. The van der Waals surface area contributed by atoms with Crippen molar-refractivity contribution in [2.45, 2.75) is 33.1 Å². The largest absolute Gasteiger partial charge is 0.237 e. The molecule has 0 bridgehead atoms. The fourth-order valence-corrected chi connectivity index (χ4v) is 1.65. The Morgan fingerprint density at radius 1 is 1.31 bits per heavy atom. The van der Waals surface area contributed by atoms with E-state index >= 15 is 0 Å². The van der Waals surface area contributed by atoms with E-state index < -0.39 is 0 Å². The van der Waals surface area contributed by atoms with Crippen molar-refractivity contribution in [1.29, 1.82) is 0 Å². The Kier molecular flexibility index (Phi) is 4.13. The maximum atomic E-state index is 5.94. The third kappa shape index (κ3) is 2.64. The van der Waals surface area contributed by atoms with Gasteiger partial charge in [0.25, 0.3) is 0 Å². The summed E-state index contributed by atoms with van der Waals surface area (Å²) in [5.41, 5.74) is 1.01. The minimum Gasteiger partial charge on any atom is -0.237 e. The Bertz CT molecular complexity index is 302. The lowest BCUT2D eigenvalue weighted by Gasteiger charge is -2.05. The standard InChI is InChI=1S/C9H12BrClN2/c1-3-5-6-8(10)9(11)13-7(4-2)12-6/h3-5H2,1-2H3. The third-order valence-corrected chi connectivity index (χ3v) is 3.06. The van der Waals surface area contributed by atoms with Gasteiger partial charge in [-0.05, 0) is 22.4 Å². The van der Waals surface area contributed by atoms with Crippen molar-refractivity contribution < 1.29 is 0 Å². The SMILES string of the molecule is CCCc1nc(CC)nc(Cl)c1Br. The number of rotatable bonds is 3. The van der Waals surface area contributed by atoms with Crippen LogP contribution >= 0.6 is 27.5 Å². The van der Waals surface area contributed by atoms with Crippen molar-refractivity contribution >= 4 is 27.5 Å². The maximum absolute atomic E-state index is 5.94. The summed E-state index contributed by atoms with van der Waals surface area (Å²) in [6.07, 6.45) is 2.83. The molecule has 72 valence electrons. The lowest BCUT2D eigenvalue weighted by Crippen LogP contribution is -2.00. The molecule has 4 heteroatoms. The number of nitrogens with zero attached hydrogens (tertiary/aromatic N) is 2. The van der Waals surface area contributed by atoms with E-state index in [0.29, 0.717) is 5.15 Å². The van der Waals surface area contributed by atoms with Crippen LogP contribution in [0.5, 0.6) is 0 Å². The van der Waals surface area contributed by atoms with Crippen molar-refractivity contribution in [3.05, 3.63) is 21.1 Å². The van der Waals surface area contributed by atoms with Gasteiger partial charge < -0.3 is 0 Å². The number of hydrogen-bond donors (Lipinski definition) is 0. The molecular formula is C9H12BrClN2. The Morgan fingerprint density at radius 2 is 2.00 bits per heavy atom. The highest BCUT2D eigenvalue weighted by molar-refractivity contribution is 9.10. The lowest BCUT2D eigenvalue weighted by molar-refractivity contribution is 0.826. The van der Waals surface area contributed by atoms with Gasteiger partial charge in [-0.1, -0.05) is 31.9 Å². The van der Waals surface area contributed by atoms with Gasteiger partial charge in [-0.3, -0.25) is 0 Å². The Hall–Kier alpha value is -0.150. The Labute approximate surface area is 91.9 Å². The zero-order chi connectivity index (χ0) is 9.84. The fourth-order valence-electron chi connectivity index (χ4n) is 1.07. The Morgan fingerprint density at radius 3 is 2.54 bits per heavy atom. The van der Waals surface area contributed by atoms with E-state index in [0.717, 1.165) is 35.3 Å². The second kappa shape index (κ2) is 4.91. The molecule has 0 aliphatic heterocycles. The molecule has 0 amide bonds. The summed E-state index contributed by atoms with van der Waals surface area (Å²) in [5, 5.41) is 0.523. The van der Waals surface area contributed by atoms with Crippen LogP contribution in [-0.2, 0) is 12.8 Å². The second-order valence-electron chi connectivity index (χ2n) is 2.79. The highest BCUT2D eigenvalue weighted by Crippen LogP contribution is 2.24. The fraction of sp³-hybridized carbons (Fsp3) is 0.556. The molecule has 1 aromatic heterocycles. The molecule has 0 atom stereocenters. The van der Waals surface area contributed by atoms with Crippen molar-refractivity contribution in [2.24, 2.45) is 0 Å². The van der Waals surface area contributed by atoms with E-state index in [1.165, 1.54) is 0 Å². The normalized spacial score (nSPS) is 10.5. The van der Waals surface area contributed by atoms with Crippen LogP contribution in [0.25, 0.3) is 0 Å². The predicted octanol–water partition coefficient (Wildman–Crippen LogP) is 3.41. The van der Waals surface area contributed by atoms with E-state index in [1.807, 2.05) is 6.92 Å². The number of hydrogen-bond acceptors (Lipinski definition) is 2. The van der Waals surface area contributed by atoms with Crippen LogP contribution in [0.15, 0.2) is 4.47 Å². The quantitative estimate of drug-likeness (QED) is 0.781. The van der Waals surface area contributed by atoms with Crippen LogP contribution in [0.4, 0.5) is 0 Å². The maximum Gasteiger partial charge on any atom is 0.147 e. The lowest BCUT2D eigenvalue weighted by atomic mass is 10.2. The molecule has 2 nitrogen and oxygen atoms in total. The highest BCUT2D eigenvalue weighted by atomic mass is 79.9. The summed E-state index contributed by atoms with van der Waals surface area (Å²) >= 11 is 9.32. The number of aryl methyl sites for hydroxylation is 2. The summed E-state index contributed by atoms with van der Waals surface area (Å²) in [4.78, 5) is 8.54. The van der Waals surface area contributed by atoms with Crippen LogP contribution in [0.2, 0.25) is 5.15 Å². The molecule has 0 unspecified atom stereocenters. The minimum absolute atomic E-state index is 0.523. The first-order chi connectivity index (χ1) is 6.19. The van der Waals surface area contributed by atoms with E-state index in [1.54, 1.807) is 0 Å². The van der Waals surface area contributed by atoms with Crippen molar-refractivity contribution in [3.63, 3.8) is 0 Å². The minimum atomic E-state index is 0.523. The average Bonchev–Trinajstić information content (AvgIpc) is 2.13. The van der Waals surface area contributed by atoms with Crippen LogP contribution in [0.1, 0.15) is 31.8 Å². The van der Waals surface area contributed by atoms with Gasteiger partial charge in [0, 0.05) is 6.42 Å². The van der Waals surface area contributed by atoms with Gasteiger partial charge in [0.1, 0.15) is 11.0 Å². The van der Waals surface area contributed by atoms with Gasteiger partial charge in [-0.15, -0.1) is 0 Å². The van der Waals surface area contributed by atoms with Crippen LogP contribution < -0.4 is 0 Å². The summed E-state index contributed by atoms with van der Waals surface area (Å²) in [6.45, 7) is 4.14. The first-order valence-corrected chi connectivity index (χ1v) is 5.56. The predicted molar refractivity (Wildman–Crippen MR) is 58.1 cm³/mol.